The Hall–Kier alpha value is -0.0200. The Morgan fingerprint density at radius 2 is 1.93 bits per heavy atom. The summed E-state index contributed by atoms with van der Waals surface area (Å²) in [6.45, 7) is 6.70. The van der Waals surface area contributed by atoms with Crippen LogP contribution in [0.15, 0.2) is 27.1 Å². The van der Waals surface area contributed by atoms with E-state index in [1.54, 1.807) is 0 Å². The van der Waals surface area contributed by atoms with Gasteiger partial charge in [0.25, 0.3) is 0 Å². The molecule has 1 nitrogen and oxygen atoms in total. The second kappa shape index (κ2) is 5.90. The fraction of sp³-hybridized carbons (Fsp3) is 0.500. The number of rotatable bonds is 4. The van der Waals surface area contributed by atoms with Crippen molar-refractivity contribution in [3.8, 4) is 0 Å². The summed E-state index contributed by atoms with van der Waals surface area (Å²) in [6, 6.07) is 6.72. The molecule has 0 heterocycles. The van der Waals surface area contributed by atoms with Crippen LogP contribution in [-0.4, -0.2) is 6.04 Å². The van der Waals surface area contributed by atoms with E-state index in [9.17, 15) is 0 Å². The number of nitrogens with one attached hydrogen (secondary N) is 1. The number of anilines is 1. The SMILES string of the molecule is CCC(Nc1cc(Br)ccc1Br)C(C)C. The summed E-state index contributed by atoms with van der Waals surface area (Å²) in [5.41, 5.74) is 1.16. The maximum Gasteiger partial charge on any atom is 0.0498 e. The van der Waals surface area contributed by atoms with Crippen molar-refractivity contribution in [1.82, 2.24) is 0 Å². The van der Waals surface area contributed by atoms with Crippen LogP contribution in [0.25, 0.3) is 0 Å². The van der Waals surface area contributed by atoms with Gasteiger partial charge in [0.05, 0.1) is 0 Å². The number of benzene rings is 1. The van der Waals surface area contributed by atoms with Gasteiger partial charge in [-0.2, -0.15) is 0 Å². The summed E-state index contributed by atoms with van der Waals surface area (Å²) in [5.74, 6) is 0.640. The van der Waals surface area contributed by atoms with E-state index >= 15 is 0 Å². The van der Waals surface area contributed by atoms with Gasteiger partial charge in [-0.1, -0.05) is 36.7 Å². The first-order chi connectivity index (χ1) is 7.04. The van der Waals surface area contributed by atoms with Gasteiger partial charge in [0.15, 0.2) is 0 Å². The van der Waals surface area contributed by atoms with E-state index in [1.165, 1.54) is 0 Å². The molecule has 0 aliphatic heterocycles. The molecule has 0 fully saturated rings. The predicted molar refractivity (Wildman–Crippen MR) is 74.4 cm³/mol. The van der Waals surface area contributed by atoms with Gasteiger partial charge in [-0.25, -0.2) is 0 Å². The molecule has 0 aliphatic carbocycles. The van der Waals surface area contributed by atoms with E-state index in [-0.39, 0.29) is 0 Å². The molecular weight excluding hydrogens is 318 g/mol. The van der Waals surface area contributed by atoms with E-state index in [2.05, 4.69) is 70.1 Å². The van der Waals surface area contributed by atoms with Gasteiger partial charge in [0.2, 0.25) is 0 Å². The molecule has 0 radical (unpaired) electrons. The normalized spacial score (nSPS) is 12.9. The topological polar surface area (TPSA) is 12.0 Å². The molecule has 0 bridgehead atoms. The van der Waals surface area contributed by atoms with Crippen LogP contribution in [0.1, 0.15) is 27.2 Å². The quantitative estimate of drug-likeness (QED) is 0.811. The fourth-order valence-corrected chi connectivity index (χ4v) is 2.27. The molecule has 84 valence electrons. The first-order valence-electron chi connectivity index (χ1n) is 5.26. The molecule has 0 saturated carbocycles. The molecule has 0 aliphatic rings. The van der Waals surface area contributed by atoms with Crippen LogP contribution in [0.5, 0.6) is 0 Å². The summed E-state index contributed by atoms with van der Waals surface area (Å²) in [5, 5.41) is 3.56. The maximum atomic E-state index is 3.56. The first kappa shape index (κ1) is 13.0. The monoisotopic (exact) mass is 333 g/mol. The summed E-state index contributed by atoms with van der Waals surface area (Å²) in [4.78, 5) is 0. The van der Waals surface area contributed by atoms with Crippen molar-refractivity contribution in [2.24, 2.45) is 5.92 Å². The Bertz CT molecular complexity index is 323. The lowest BCUT2D eigenvalue weighted by molar-refractivity contribution is 0.511. The van der Waals surface area contributed by atoms with Gasteiger partial charge >= 0.3 is 0 Å². The van der Waals surface area contributed by atoms with Crippen LogP contribution in [0, 0.1) is 5.92 Å². The highest BCUT2D eigenvalue weighted by Crippen LogP contribution is 2.28. The molecule has 1 rings (SSSR count). The van der Waals surface area contributed by atoms with Gasteiger partial charge in [-0.15, -0.1) is 0 Å². The third-order valence-electron chi connectivity index (χ3n) is 2.51. The van der Waals surface area contributed by atoms with Crippen LogP contribution >= 0.6 is 31.9 Å². The molecule has 0 saturated heterocycles. The average Bonchev–Trinajstić information content (AvgIpc) is 2.18. The van der Waals surface area contributed by atoms with Crippen LogP contribution in [0.2, 0.25) is 0 Å². The van der Waals surface area contributed by atoms with Crippen LogP contribution in [0.3, 0.4) is 0 Å². The zero-order valence-corrected chi connectivity index (χ0v) is 12.5. The van der Waals surface area contributed by atoms with E-state index < -0.39 is 0 Å². The molecule has 3 heteroatoms. The molecule has 1 aromatic rings. The zero-order valence-electron chi connectivity index (χ0n) is 9.35. The highest BCUT2D eigenvalue weighted by atomic mass is 79.9. The summed E-state index contributed by atoms with van der Waals surface area (Å²) in [6.07, 6.45) is 1.14. The Balaban J connectivity index is 2.82. The van der Waals surface area contributed by atoms with Crippen LogP contribution in [-0.2, 0) is 0 Å². The summed E-state index contributed by atoms with van der Waals surface area (Å²) in [7, 11) is 0. The Morgan fingerprint density at radius 3 is 2.47 bits per heavy atom. The Morgan fingerprint density at radius 1 is 1.27 bits per heavy atom. The summed E-state index contributed by atoms with van der Waals surface area (Å²) < 4.78 is 2.22. The third kappa shape index (κ3) is 3.80. The minimum atomic E-state index is 0.524. The van der Waals surface area contributed by atoms with E-state index in [0.29, 0.717) is 12.0 Å². The molecule has 15 heavy (non-hydrogen) atoms. The van der Waals surface area contributed by atoms with Gasteiger partial charge in [-0.3, -0.25) is 0 Å². The molecule has 0 amide bonds. The number of halogens is 2. The van der Waals surface area contributed by atoms with Gasteiger partial charge in [-0.05, 0) is 46.5 Å². The molecule has 1 atom stereocenters. The van der Waals surface area contributed by atoms with Gasteiger partial charge in [0, 0.05) is 20.7 Å². The maximum absolute atomic E-state index is 3.56. The highest BCUT2D eigenvalue weighted by molar-refractivity contribution is 9.11. The van der Waals surface area contributed by atoms with Gasteiger partial charge < -0.3 is 5.32 Å². The molecule has 0 spiro atoms. The fourth-order valence-electron chi connectivity index (χ4n) is 1.55. The number of hydrogen-bond acceptors (Lipinski definition) is 1. The number of hydrogen-bond donors (Lipinski definition) is 1. The third-order valence-corrected chi connectivity index (χ3v) is 3.70. The van der Waals surface area contributed by atoms with Crippen molar-refractivity contribution in [2.75, 3.05) is 5.32 Å². The molecule has 1 N–H and O–H groups in total. The van der Waals surface area contributed by atoms with E-state index in [4.69, 9.17) is 0 Å². The van der Waals surface area contributed by atoms with Crippen molar-refractivity contribution in [3.63, 3.8) is 0 Å². The van der Waals surface area contributed by atoms with Crippen molar-refractivity contribution < 1.29 is 0 Å². The van der Waals surface area contributed by atoms with Crippen molar-refractivity contribution in [1.29, 1.82) is 0 Å². The standard InChI is InChI=1S/C12H17Br2N/c1-4-11(8(2)3)15-12-7-9(13)5-6-10(12)14/h5-8,11,15H,4H2,1-3H3. The second-order valence-electron chi connectivity index (χ2n) is 4.03. The smallest absolute Gasteiger partial charge is 0.0498 e. The second-order valence-corrected chi connectivity index (χ2v) is 5.80. The molecule has 1 unspecified atom stereocenters. The van der Waals surface area contributed by atoms with Crippen molar-refractivity contribution in [3.05, 3.63) is 27.1 Å². The molecule has 0 aromatic heterocycles. The van der Waals surface area contributed by atoms with Gasteiger partial charge in [0.1, 0.15) is 0 Å². The highest BCUT2D eigenvalue weighted by Gasteiger charge is 2.12. The summed E-state index contributed by atoms with van der Waals surface area (Å²) >= 11 is 7.04. The van der Waals surface area contributed by atoms with Crippen LogP contribution < -0.4 is 5.32 Å². The van der Waals surface area contributed by atoms with E-state index in [0.717, 1.165) is 21.1 Å². The zero-order chi connectivity index (χ0) is 11.4. The lowest BCUT2D eigenvalue weighted by Crippen LogP contribution is -2.24. The van der Waals surface area contributed by atoms with Crippen molar-refractivity contribution >= 4 is 37.5 Å². The lowest BCUT2D eigenvalue weighted by atomic mass is 10.0. The lowest BCUT2D eigenvalue weighted by Gasteiger charge is -2.22. The Labute approximate surface area is 109 Å². The minimum absolute atomic E-state index is 0.524. The minimum Gasteiger partial charge on any atom is -0.381 e. The first-order valence-corrected chi connectivity index (χ1v) is 6.84. The van der Waals surface area contributed by atoms with E-state index in [1.807, 2.05) is 6.07 Å². The predicted octanol–water partition coefficient (Wildman–Crippen LogP) is 5.06. The molecule has 1 aromatic carbocycles. The largest absolute Gasteiger partial charge is 0.381 e. The van der Waals surface area contributed by atoms with Crippen LogP contribution in [0.4, 0.5) is 5.69 Å². The molecular formula is C12H17Br2N. The Kier molecular flexibility index (Phi) is 5.13. The van der Waals surface area contributed by atoms with Crippen molar-refractivity contribution in [2.45, 2.75) is 33.2 Å². The average molecular weight is 335 g/mol.